The van der Waals surface area contributed by atoms with E-state index in [-0.39, 0.29) is 11.2 Å². The smallest absolute Gasteiger partial charge is 0.141 e. The molecule has 2 bridgehead atoms. The lowest BCUT2D eigenvalue weighted by atomic mass is 9.82. The Balaban J connectivity index is 1.18. The van der Waals surface area contributed by atoms with Crippen molar-refractivity contribution in [3.63, 3.8) is 0 Å². The van der Waals surface area contributed by atoms with E-state index in [1.165, 1.54) is 62.7 Å². The van der Waals surface area contributed by atoms with Crippen LogP contribution in [0.25, 0.3) is 11.1 Å². The molecular formula is C31H36FN3O. The van der Waals surface area contributed by atoms with E-state index in [1.807, 2.05) is 12.1 Å². The van der Waals surface area contributed by atoms with E-state index in [1.54, 1.807) is 12.1 Å². The molecule has 0 N–H and O–H groups in total. The van der Waals surface area contributed by atoms with Gasteiger partial charge in [-0.05, 0) is 105 Å². The zero-order valence-electron chi connectivity index (χ0n) is 21.1. The van der Waals surface area contributed by atoms with Crippen molar-refractivity contribution in [2.24, 2.45) is 11.3 Å². The molecule has 5 fully saturated rings. The quantitative estimate of drug-likeness (QED) is 0.500. The van der Waals surface area contributed by atoms with Gasteiger partial charge in [-0.3, -0.25) is 4.90 Å². The van der Waals surface area contributed by atoms with Crippen molar-refractivity contribution in [2.75, 3.05) is 31.1 Å². The number of nitriles is 1. The van der Waals surface area contributed by atoms with Gasteiger partial charge in [-0.15, -0.1) is 0 Å². The summed E-state index contributed by atoms with van der Waals surface area (Å²) in [6.45, 7) is 5.04. The fourth-order valence-corrected chi connectivity index (χ4v) is 8.00. The Bertz CT molecular complexity index is 1200. The predicted molar refractivity (Wildman–Crippen MR) is 139 cm³/mol. The van der Waals surface area contributed by atoms with E-state index >= 15 is 0 Å². The standard InChI is InChI=1S/C31H36FN3O/c32-28-17-23(3-4-24(28)19-33)27-16-22(20-35-21-30(25-5-6-25)10-8-26(35)18-30)2-7-29(27)34-13-11-31(12-14-34)9-1-15-36-31/h2-4,7,16-17,25-26H,1,5-6,8-15,18,20-21H2/t26-,30-/m0/s1. The second-order valence-electron chi connectivity index (χ2n) is 12.2. The number of piperidine rings is 2. The molecular weight excluding hydrogens is 449 g/mol. The van der Waals surface area contributed by atoms with Gasteiger partial charge < -0.3 is 9.64 Å². The SMILES string of the molecule is N#Cc1ccc(-c2cc(CN3C[C@]4(C5CC5)CC[C@H]3C4)ccc2N2CCC3(CCCO3)CC2)cc1F. The van der Waals surface area contributed by atoms with E-state index < -0.39 is 5.82 Å². The van der Waals surface area contributed by atoms with Gasteiger partial charge in [0.05, 0.1) is 11.2 Å². The number of fused-ring (bicyclic) bond motifs is 2. The first-order valence-corrected chi connectivity index (χ1v) is 14.0. The normalized spacial score (nSPS) is 29.2. The predicted octanol–water partition coefficient (Wildman–Crippen LogP) is 6.28. The van der Waals surface area contributed by atoms with Crippen LogP contribution in [0.2, 0.25) is 0 Å². The molecule has 3 saturated heterocycles. The van der Waals surface area contributed by atoms with Crippen molar-refractivity contribution in [3.8, 4) is 17.2 Å². The average Bonchev–Trinajstić information content (AvgIpc) is 3.40. The van der Waals surface area contributed by atoms with E-state index in [9.17, 15) is 9.65 Å². The minimum absolute atomic E-state index is 0.0732. The lowest BCUT2D eigenvalue weighted by molar-refractivity contribution is -0.0146. The third-order valence-electron chi connectivity index (χ3n) is 10.1. The lowest BCUT2D eigenvalue weighted by Gasteiger charge is -2.40. The van der Waals surface area contributed by atoms with E-state index in [2.05, 4.69) is 28.0 Å². The fraction of sp³-hybridized carbons (Fsp3) is 0.581. The summed E-state index contributed by atoms with van der Waals surface area (Å²) in [5.74, 6) is 0.532. The molecule has 2 aromatic carbocycles. The first-order valence-electron chi connectivity index (χ1n) is 14.0. The molecule has 5 heteroatoms. The van der Waals surface area contributed by atoms with Gasteiger partial charge in [-0.25, -0.2) is 4.39 Å². The molecule has 36 heavy (non-hydrogen) atoms. The molecule has 2 aliphatic carbocycles. The van der Waals surface area contributed by atoms with Crippen molar-refractivity contribution in [1.29, 1.82) is 5.26 Å². The second-order valence-corrected chi connectivity index (χ2v) is 12.2. The first-order chi connectivity index (χ1) is 17.6. The van der Waals surface area contributed by atoms with Crippen LogP contribution in [-0.4, -0.2) is 42.8 Å². The van der Waals surface area contributed by atoms with Gasteiger partial charge in [0.15, 0.2) is 0 Å². The van der Waals surface area contributed by atoms with Gasteiger partial charge in [0.1, 0.15) is 11.9 Å². The molecule has 0 radical (unpaired) electrons. The van der Waals surface area contributed by atoms with Crippen LogP contribution >= 0.6 is 0 Å². The van der Waals surface area contributed by atoms with Crippen LogP contribution in [0.1, 0.15) is 68.9 Å². The third-order valence-corrected chi connectivity index (χ3v) is 10.1. The van der Waals surface area contributed by atoms with Gasteiger partial charge >= 0.3 is 0 Å². The molecule has 2 saturated carbocycles. The van der Waals surface area contributed by atoms with Crippen molar-refractivity contribution in [1.82, 2.24) is 4.90 Å². The molecule has 2 atom stereocenters. The molecule has 188 valence electrons. The van der Waals surface area contributed by atoms with Crippen LogP contribution in [0.3, 0.4) is 0 Å². The van der Waals surface area contributed by atoms with Crippen LogP contribution in [0.4, 0.5) is 10.1 Å². The van der Waals surface area contributed by atoms with Crippen LogP contribution in [-0.2, 0) is 11.3 Å². The summed E-state index contributed by atoms with van der Waals surface area (Å²) in [7, 11) is 0. The molecule has 3 aliphatic heterocycles. The topological polar surface area (TPSA) is 39.5 Å². The second kappa shape index (κ2) is 8.57. The Morgan fingerprint density at radius 2 is 1.89 bits per heavy atom. The summed E-state index contributed by atoms with van der Waals surface area (Å²) in [5.41, 5.74) is 5.20. The Morgan fingerprint density at radius 3 is 2.61 bits per heavy atom. The molecule has 0 unspecified atom stereocenters. The zero-order chi connectivity index (χ0) is 24.3. The minimum atomic E-state index is -0.438. The highest BCUT2D eigenvalue weighted by Gasteiger charge is 2.56. The summed E-state index contributed by atoms with van der Waals surface area (Å²) in [6.07, 6.45) is 11.5. The van der Waals surface area contributed by atoms with Crippen molar-refractivity contribution in [3.05, 3.63) is 53.3 Å². The Morgan fingerprint density at radius 1 is 1.03 bits per heavy atom. The van der Waals surface area contributed by atoms with Gasteiger partial charge in [0.25, 0.3) is 0 Å². The fourth-order valence-electron chi connectivity index (χ4n) is 8.00. The Hall–Kier alpha value is -2.42. The maximum Gasteiger partial charge on any atom is 0.141 e. The number of hydrogen-bond acceptors (Lipinski definition) is 4. The number of benzene rings is 2. The number of likely N-dealkylation sites (tertiary alicyclic amines) is 1. The van der Waals surface area contributed by atoms with Crippen LogP contribution < -0.4 is 4.90 Å². The number of ether oxygens (including phenoxy) is 1. The van der Waals surface area contributed by atoms with Crippen LogP contribution in [0.15, 0.2) is 36.4 Å². The molecule has 3 heterocycles. The van der Waals surface area contributed by atoms with Crippen LogP contribution in [0, 0.1) is 28.5 Å². The van der Waals surface area contributed by atoms with E-state index in [0.717, 1.165) is 62.2 Å². The van der Waals surface area contributed by atoms with Gasteiger partial charge in [-0.1, -0.05) is 12.1 Å². The van der Waals surface area contributed by atoms with Gasteiger partial charge in [0.2, 0.25) is 0 Å². The monoisotopic (exact) mass is 485 g/mol. The molecule has 4 nitrogen and oxygen atoms in total. The zero-order valence-corrected chi connectivity index (χ0v) is 21.1. The summed E-state index contributed by atoms with van der Waals surface area (Å²) in [5, 5.41) is 9.24. The number of hydrogen-bond donors (Lipinski definition) is 0. The lowest BCUT2D eigenvalue weighted by Crippen LogP contribution is -2.44. The highest BCUT2D eigenvalue weighted by atomic mass is 19.1. The maximum atomic E-state index is 14.7. The Labute approximate surface area is 214 Å². The van der Waals surface area contributed by atoms with E-state index in [0.29, 0.717) is 5.41 Å². The molecule has 1 spiro atoms. The number of nitrogens with zero attached hydrogens (tertiary/aromatic N) is 3. The van der Waals surface area contributed by atoms with Crippen molar-refractivity contribution in [2.45, 2.75) is 76.0 Å². The van der Waals surface area contributed by atoms with E-state index in [4.69, 9.17) is 4.74 Å². The number of rotatable bonds is 5. The maximum absolute atomic E-state index is 14.7. The largest absolute Gasteiger partial charge is 0.375 e. The van der Waals surface area contributed by atoms with Gasteiger partial charge in [-0.2, -0.15) is 5.26 Å². The number of halogens is 1. The minimum Gasteiger partial charge on any atom is -0.375 e. The molecule has 2 aromatic rings. The highest BCUT2D eigenvalue weighted by molar-refractivity contribution is 5.80. The Kier molecular flexibility index (Phi) is 5.42. The first kappa shape index (κ1) is 22.8. The van der Waals surface area contributed by atoms with Crippen molar-refractivity contribution >= 4 is 5.69 Å². The summed E-state index contributed by atoms with van der Waals surface area (Å²) in [4.78, 5) is 5.18. The summed E-state index contributed by atoms with van der Waals surface area (Å²) in [6, 6.07) is 14.6. The van der Waals surface area contributed by atoms with Gasteiger partial charge in [0, 0.05) is 50.1 Å². The molecule has 5 aliphatic rings. The molecule has 0 aromatic heterocycles. The molecule has 0 amide bonds. The average molecular weight is 486 g/mol. The van der Waals surface area contributed by atoms with Crippen LogP contribution in [0.5, 0.6) is 0 Å². The third kappa shape index (κ3) is 3.85. The van der Waals surface area contributed by atoms with Crippen molar-refractivity contribution < 1.29 is 9.13 Å². The highest BCUT2D eigenvalue weighted by Crippen LogP contribution is 2.60. The molecule has 7 rings (SSSR count). The summed E-state index contributed by atoms with van der Waals surface area (Å²) >= 11 is 0. The summed E-state index contributed by atoms with van der Waals surface area (Å²) < 4.78 is 20.9. The number of anilines is 1.